The van der Waals surface area contributed by atoms with Gasteiger partial charge in [0.2, 0.25) is 0 Å². The summed E-state index contributed by atoms with van der Waals surface area (Å²) in [6.45, 7) is 1.36. The SMILES string of the molecule is NC(c1cccc(F)c1Cl)C1CCOC1. The van der Waals surface area contributed by atoms with Crippen LogP contribution < -0.4 is 5.73 Å². The van der Waals surface area contributed by atoms with Crippen LogP contribution in [-0.4, -0.2) is 13.2 Å². The summed E-state index contributed by atoms with van der Waals surface area (Å²) >= 11 is 5.87. The molecule has 1 fully saturated rings. The molecular weight excluding hydrogens is 217 g/mol. The van der Waals surface area contributed by atoms with Crippen LogP contribution in [-0.2, 0) is 4.74 Å². The van der Waals surface area contributed by atoms with Gasteiger partial charge in [-0.2, -0.15) is 0 Å². The van der Waals surface area contributed by atoms with Crippen molar-refractivity contribution < 1.29 is 9.13 Å². The molecule has 1 heterocycles. The van der Waals surface area contributed by atoms with Crippen LogP contribution in [0.1, 0.15) is 18.0 Å². The molecule has 1 saturated heterocycles. The van der Waals surface area contributed by atoms with E-state index < -0.39 is 5.82 Å². The van der Waals surface area contributed by atoms with Gasteiger partial charge in [0.05, 0.1) is 11.6 Å². The summed E-state index contributed by atoms with van der Waals surface area (Å²) in [5.74, 6) is -0.173. The van der Waals surface area contributed by atoms with E-state index in [0.717, 1.165) is 13.0 Å². The number of hydrogen-bond acceptors (Lipinski definition) is 2. The molecule has 2 nitrogen and oxygen atoms in total. The highest BCUT2D eigenvalue weighted by molar-refractivity contribution is 6.31. The summed E-state index contributed by atoms with van der Waals surface area (Å²) in [5, 5.41) is 0.136. The third kappa shape index (κ3) is 2.14. The Morgan fingerprint density at radius 3 is 3.00 bits per heavy atom. The van der Waals surface area contributed by atoms with Gasteiger partial charge in [0.1, 0.15) is 5.82 Å². The molecule has 15 heavy (non-hydrogen) atoms. The van der Waals surface area contributed by atoms with Gasteiger partial charge < -0.3 is 10.5 Å². The van der Waals surface area contributed by atoms with Crippen LogP contribution >= 0.6 is 11.6 Å². The maximum atomic E-state index is 13.2. The Kier molecular flexibility index (Phi) is 3.24. The van der Waals surface area contributed by atoms with Crippen molar-refractivity contribution in [2.45, 2.75) is 12.5 Å². The summed E-state index contributed by atoms with van der Waals surface area (Å²) < 4.78 is 18.5. The standard InChI is InChI=1S/C11H13ClFNO/c12-10-8(2-1-3-9(10)13)11(14)7-4-5-15-6-7/h1-3,7,11H,4-6,14H2. The molecule has 2 unspecified atom stereocenters. The van der Waals surface area contributed by atoms with Gasteiger partial charge in [0.15, 0.2) is 0 Å². The van der Waals surface area contributed by atoms with Crippen LogP contribution in [0.25, 0.3) is 0 Å². The molecule has 2 rings (SSSR count). The monoisotopic (exact) mass is 229 g/mol. The Morgan fingerprint density at radius 1 is 1.53 bits per heavy atom. The number of ether oxygens (including phenoxy) is 1. The van der Waals surface area contributed by atoms with Crippen molar-refractivity contribution in [2.24, 2.45) is 11.7 Å². The highest BCUT2D eigenvalue weighted by Crippen LogP contribution is 2.32. The molecule has 1 aromatic carbocycles. The minimum absolute atomic E-state index is 0.136. The summed E-state index contributed by atoms with van der Waals surface area (Å²) in [6.07, 6.45) is 0.911. The topological polar surface area (TPSA) is 35.2 Å². The Labute approximate surface area is 93.2 Å². The summed E-state index contributed by atoms with van der Waals surface area (Å²) in [5.41, 5.74) is 6.71. The van der Waals surface area contributed by atoms with E-state index >= 15 is 0 Å². The first kappa shape index (κ1) is 10.9. The Hall–Kier alpha value is -0.640. The predicted octanol–water partition coefficient (Wildman–Crippen LogP) is 2.52. The molecule has 2 atom stereocenters. The first-order valence-corrected chi connectivity index (χ1v) is 5.35. The van der Waals surface area contributed by atoms with Crippen LogP contribution in [0.4, 0.5) is 4.39 Å². The molecule has 0 spiro atoms. The third-order valence-electron chi connectivity index (χ3n) is 2.81. The molecule has 0 aliphatic carbocycles. The van der Waals surface area contributed by atoms with Gasteiger partial charge in [-0.05, 0) is 18.1 Å². The van der Waals surface area contributed by atoms with Crippen molar-refractivity contribution in [3.63, 3.8) is 0 Å². The lowest BCUT2D eigenvalue weighted by Gasteiger charge is -2.19. The molecule has 2 N–H and O–H groups in total. The molecule has 1 aliphatic rings. The molecule has 0 radical (unpaired) electrons. The van der Waals surface area contributed by atoms with Crippen molar-refractivity contribution >= 4 is 11.6 Å². The van der Waals surface area contributed by atoms with E-state index in [1.165, 1.54) is 6.07 Å². The van der Waals surface area contributed by atoms with Crippen LogP contribution in [0.5, 0.6) is 0 Å². The van der Waals surface area contributed by atoms with Crippen LogP contribution in [0.2, 0.25) is 5.02 Å². The smallest absolute Gasteiger partial charge is 0.142 e. The molecule has 1 aromatic rings. The van der Waals surface area contributed by atoms with Gasteiger partial charge >= 0.3 is 0 Å². The van der Waals surface area contributed by atoms with E-state index in [1.54, 1.807) is 12.1 Å². The van der Waals surface area contributed by atoms with E-state index in [-0.39, 0.29) is 17.0 Å². The lowest BCUT2D eigenvalue weighted by atomic mass is 9.93. The average molecular weight is 230 g/mol. The van der Waals surface area contributed by atoms with Crippen molar-refractivity contribution in [1.82, 2.24) is 0 Å². The van der Waals surface area contributed by atoms with Gasteiger partial charge in [0, 0.05) is 18.6 Å². The van der Waals surface area contributed by atoms with E-state index in [1.807, 2.05) is 0 Å². The van der Waals surface area contributed by atoms with Gasteiger partial charge in [0.25, 0.3) is 0 Å². The number of rotatable bonds is 2. The second kappa shape index (κ2) is 4.47. The van der Waals surface area contributed by atoms with Crippen LogP contribution in [0.3, 0.4) is 0 Å². The molecule has 0 aromatic heterocycles. The molecule has 0 amide bonds. The Bertz CT molecular complexity index is 352. The maximum Gasteiger partial charge on any atom is 0.142 e. The molecular formula is C11H13ClFNO. The number of benzene rings is 1. The first-order valence-electron chi connectivity index (χ1n) is 4.97. The fourth-order valence-corrected chi connectivity index (χ4v) is 2.12. The van der Waals surface area contributed by atoms with Gasteiger partial charge in [-0.15, -0.1) is 0 Å². The first-order chi connectivity index (χ1) is 7.20. The summed E-state index contributed by atoms with van der Waals surface area (Å²) in [7, 11) is 0. The third-order valence-corrected chi connectivity index (χ3v) is 3.21. The number of halogens is 2. The average Bonchev–Trinajstić information content (AvgIpc) is 2.74. The normalized spacial score (nSPS) is 23.0. The Morgan fingerprint density at radius 2 is 2.33 bits per heavy atom. The van der Waals surface area contributed by atoms with Gasteiger partial charge in [-0.1, -0.05) is 23.7 Å². The highest BCUT2D eigenvalue weighted by Gasteiger charge is 2.26. The molecule has 82 valence electrons. The quantitative estimate of drug-likeness (QED) is 0.846. The second-order valence-corrected chi connectivity index (χ2v) is 4.17. The molecule has 1 aliphatic heterocycles. The number of hydrogen-bond donors (Lipinski definition) is 1. The zero-order valence-corrected chi connectivity index (χ0v) is 9.01. The molecule has 0 bridgehead atoms. The number of nitrogens with two attached hydrogens (primary N) is 1. The fraction of sp³-hybridized carbons (Fsp3) is 0.455. The van der Waals surface area contributed by atoms with Crippen LogP contribution in [0.15, 0.2) is 18.2 Å². The second-order valence-electron chi connectivity index (χ2n) is 3.79. The van der Waals surface area contributed by atoms with Crippen molar-refractivity contribution in [1.29, 1.82) is 0 Å². The fourth-order valence-electron chi connectivity index (χ4n) is 1.87. The van der Waals surface area contributed by atoms with E-state index in [0.29, 0.717) is 12.2 Å². The largest absolute Gasteiger partial charge is 0.381 e. The summed E-state index contributed by atoms with van der Waals surface area (Å²) in [4.78, 5) is 0. The molecule has 4 heteroatoms. The summed E-state index contributed by atoms with van der Waals surface area (Å²) in [6, 6.07) is 4.50. The Balaban J connectivity index is 2.24. The van der Waals surface area contributed by atoms with E-state index in [2.05, 4.69) is 0 Å². The molecule has 0 saturated carbocycles. The van der Waals surface area contributed by atoms with Crippen molar-refractivity contribution in [2.75, 3.05) is 13.2 Å². The van der Waals surface area contributed by atoms with E-state index in [4.69, 9.17) is 22.1 Å². The minimum Gasteiger partial charge on any atom is -0.381 e. The zero-order valence-electron chi connectivity index (χ0n) is 8.25. The lowest BCUT2D eigenvalue weighted by molar-refractivity contribution is 0.181. The van der Waals surface area contributed by atoms with E-state index in [9.17, 15) is 4.39 Å². The highest BCUT2D eigenvalue weighted by atomic mass is 35.5. The van der Waals surface area contributed by atoms with Crippen molar-refractivity contribution in [3.05, 3.63) is 34.6 Å². The predicted molar refractivity (Wildman–Crippen MR) is 57.3 cm³/mol. The zero-order chi connectivity index (χ0) is 10.8. The minimum atomic E-state index is -0.413. The lowest BCUT2D eigenvalue weighted by Crippen LogP contribution is -2.22. The van der Waals surface area contributed by atoms with Gasteiger partial charge in [-0.3, -0.25) is 0 Å². The van der Waals surface area contributed by atoms with Gasteiger partial charge in [-0.25, -0.2) is 4.39 Å². The van der Waals surface area contributed by atoms with Crippen LogP contribution in [0, 0.1) is 11.7 Å². The van der Waals surface area contributed by atoms with Crippen molar-refractivity contribution in [3.8, 4) is 0 Å². The maximum absolute atomic E-state index is 13.2.